The molecule has 1 rings (SSSR count). The van der Waals surface area contributed by atoms with Crippen LogP contribution in [-0.2, 0) is 14.3 Å². The first kappa shape index (κ1) is 44.7. The summed E-state index contributed by atoms with van der Waals surface area (Å²) in [7, 11) is 0. The molecule has 0 aromatic rings. The van der Waals surface area contributed by atoms with Crippen LogP contribution in [0, 0.1) is 5.92 Å². The molecule has 0 aromatic carbocycles. The Morgan fingerprint density at radius 1 is 0.750 bits per heavy atom. The molecule has 0 saturated carbocycles. The highest BCUT2D eigenvalue weighted by Gasteiger charge is 2.44. The minimum absolute atomic E-state index is 0.191. The summed E-state index contributed by atoms with van der Waals surface area (Å²) in [5.74, 6) is 0.595. The number of unbranched alkanes of at least 4 members (excludes halogenated alkanes) is 16. The molecular weight excluding hydrogens is 610 g/mol. The summed E-state index contributed by atoms with van der Waals surface area (Å²) < 4.78 is 11.1. The molecule has 7 atom stereocenters. The minimum Gasteiger partial charge on any atom is -0.394 e. The number of rotatable bonds is 30. The number of hydrogen-bond acceptors (Lipinski definition) is 8. The van der Waals surface area contributed by atoms with E-state index in [1.54, 1.807) is 6.08 Å². The van der Waals surface area contributed by atoms with Crippen molar-refractivity contribution in [2.24, 2.45) is 5.92 Å². The number of aliphatic hydroxyl groups excluding tert-OH is 5. The molecule has 0 spiro atoms. The zero-order valence-electron chi connectivity index (χ0n) is 30.7. The molecule has 0 aliphatic carbocycles. The minimum atomic E-state index is -1.57. The van der Waals surface area contributed by atoms with Crippen LogP contribution in [0.2, 0.25) is 0 Å². The lowest BCUT2D eigenvalue weighted by Gasteiger charge is -2.40. The molecule has 6 N–H and O–H groups in total. The van der Waals surface area contributed by atoms with Crippen LogP contribution >= 0.6 is 0 Å². The van der Waals surface area contributed by atoms with E-state index < -0.39 is 49.5 Å². The Kier molecular flexibility index (Phi) is 27.4. The average Bonchev–Trinajstić information content (AvgIpc) is 3.07. The second-order valence-corrected chi connectivity index (χ2v) is 14.2. The number of carbonyl (C=O) groups excluding carboxylic acids is 1. The molecule has 1 aliphatic heterocycles. The Morgan fingerprint density at radius 3 is 1.94 bits per heavy atom. The maximum Gasteiger partial charge on any atom is 0.220 e. The molecule has 1 amide bonds. The Balaban J connectivity index is 2.49. The Bertz CT molecular complexity index is 820. The van der Waals surface area contributed by atoms with E-state index >= 15 is 0 Å². The summed E-state index contributed by atoms with van der Waals surface area (Å²) in [5, 5.41) is 53.8. The van der Waals surface area contributed by atoms with E-state index in [0.29, 0.717) is 6.42 Å². The Morgan fingerprint density at radius 2 is 1.31 bits per heavy atom. The van der Waals surface area contributed by atoms with Crippen LogP contribution < -0.4 is 5.32 Å². The second kappa shape index (κ2) is 29.4. The van der Waals surface area contributed by atoms with Gasteiger partial charge >= 0.3 is 0 Å². The first-order chi connectivity index (χ1) is 23.2. The van der Waals surface area contributed by atoms with Gasteiger partial charge in [-0.2, -0.15) is 0 Å². The normalized spacial score (nSPS) is 23.0. The molecule has 1 aliphatic rings. The van der Waals surface area contributed by atoms with Crippen LogP contribution in [0.5, 0.6) is 0 Å². The molecule has 1 saturated heterocycles. The number of ether oxygens (including phenoxy) is 2. The summed E-state index contributed by atoms with van der Waals surface area (Å²) in [5.41, 5.74) is 0. The van der Waals surface area contributed by atoms with Crippen LogP contribution in [0.3, 0.4) is 0 Å². The third-order valence-corrected chi connectivity index (χ3v) is 9.21. The van der Waals surface area contributed by atoms with Crippen LogP contribution in [0.1, 0.15) is 156 Å². The number of hydrogen-bond donors (Lipinski definition) is 6. The summed E-state index contributed by atoms with van der Waals surface area (Å²) in [4.78, 5) is 12.8. The van der Waals surface area contributed by atoms with E-state index in [2.05, 4.69) is 38.2 Å². The van der Waals surface area contributed by atoms with Gasteiger partial charge in [-0.25, -0.2) is 0 Å². The van der Waals surface area contributed by atoms with Crippen LogP contribution in [0.25, 0.3) is 0 Å². The van der Waals surface area contributed by atoms with Gasteiger partial charge in [-0.1, -0.05) is 141 Å². The summed E-state index contributed by atoms with van der Waals surface area (Å²) in [6, 6.07) is -0.815. The maximum atomic E-state index is 12.8. The molecule has 48 heavy (non-hydrogen) atoms. The molecule has 7 unspecified atom stereocenters. The smallest absolute Gasteiger partial charge is 0.220 e. The van der Waals surface area contributed by atoms with Crippen LogP contribution in [0.4, 0.5) is 0 Å². The molecule has 1 fully saturated rings. The van der Waals surface area contributed by atoms with E-state index in [4.69, 9.17) is 9.47 Å². The maximum absolute atomic E-state index is 12.8. The van der Waals surface area contributed by atoms with Gasteiger partial charge in [-0.3, -0.25) is 4.79 Å². The van der Waals surface area contributed by atoms with E-state index in [1.807, 2.05) is 6.08 Å². The fourth-order valence-corrected chi connectivity index (χ4v) is 6.00. The molecule has 0 bridgehead atoms. The quantitative estimate of drug-likeness (QED) is 0.0365. The summed E-state index contributed by atoms with van der Waals surface area (Å²) in [6.45, 7) is 6.02. The van der Waals surface area contributed by atoms with Gasteiger partial charge in [0.15, 0.2) is 6.29 Å². The standard InChI is InChI=1S/C39H73NO8/c1-4-5-6-7-8-9-10-11-12-15-18-21-24-27-33(42)32(30-47-39-38(46)37(45)36(44)34(29-41)48-39)40-35(43)28-25-22-19-16-13-14-17-20-23-26-31(2)3/h12,15,24,27,31-34,36-39,41-42,44-46H,4-11,13-14,16-23,25-26,28-30H2,1-3H3,(H,40,43). The first-order valence-corrected chi connectivity index (χ1v) is 19.4. The fraction of sp³-hybridized carbons (Fsp3) is 0.872. The summed E-state index contributed by atoms with van der Waals surface area (Å²) >= 11 is 0. The van der Waals surface area contributed by atoms with Gasteiger partial charge in [0, 0.05) is 6.42 Å². The second-order valence-electron chi connectivity index (χ2n) is 14.2. The zero-order chi connectivity index (χ0) is 35.4. The molecule has 282 valence electrons. The molecule has 9 nitrogen and oxygen atoms in total. The Labute approximate surface area is 292 Å². The largest absolute Gasteiger partial charge is 0.394 e. The van der Waals surface area contributed by atoms with Crippen molar-refractivity contribution in [2.45, 2.75) is 198 Å². The fourth-order valence-electron chi connectivity index (χ4n) is 6.00. The van der Waals surface area contributed by atoms with E-state index in [0.717, 1.165) is 44.4 Å². The van der Waals surface area contributed by atoms with Gasteiger partial charge < -0.3 is 40.3 Å². The van der Waals surface area contributed by atoms with Gasteiger partial charge in [-0.15, -0.1) is 0 Å². The predicted molar refractivity (Wildman–Crippen MR) is 193 cm³/mol. The highest BCUT2D eigenvalue weighted by Crippen LogP contribution is 2.22. The van der Waals surface area contributed by atoms with E-state index in [1.165, 1.54) is 89.9 Å². The predicted octanol–water partition coefficient (Wildman–Crippen LogP) is 6.63. The highest BCUT2D eigenvalue weighted by molar-refractivity contribution is 5.76. The monoisotopic (exact) mass is 684 g/mol. The lowest BCUT2D eigenvalue weighted by molar-refractivity contribution is -0.302. The number of carbonyl (C=O) groups is 1. The van der Waals surface area contributed by atoms with Gasteiger partial charge in [0.05, 0.1) is 25.4 Å². The van der Waals surface area contributed by atoms with E-state index in [-0.39, 0.29) is 12.5 Å². The highest BCUT2D eigenvalue weighted by atomic mass is 16.7. The first-order valence-electron chi connectivity index (χ1n) is 19.4. The van der Waals surface area contributed by atoms with Gasteiger partial charge in [-0.05, 0) is 38.0 Å². The van der Waals surface area contributed by atoms with Crippen LogP contribution in [-0.4, -0.2) is 87.5 Å². The van der Waals surface area contributed by atoms with Crippen molar-refractivity contribution in [3.8, 4) is 0 Å². The van der Waals surface area contributed by atoms with Crippen molar-refractivity contribution in [1.29, 1.82) is 0 Å². The average molecular weight is 684 g/mol. The third kappa shape index (κ3) is 21.7. The topological polar surface area (TPSA) is 149 Å². The SMILES string of the molecule is CCCCCCCCCC=CCCC=CC(O)C(COC1OC(CO)C(O)C(O)C1O)NC(=O)CCCCCCCCCCCC(C)C. The van der Waals surface area contributed by atoms with Gasteiger partial charge in [0.25, 0.3) is 0 Å². The van der Waals surface area contributed by atoms with Crippen molar-refractivity contribution in [2.75, 3.05) is 13.2 Å². The van der Waals surface area contributed by atoms with Crippen molar-refractivity contribution in [3.05, 3.63) is 24.3 Å². The number of amides is 1. The third-order valence-electron chi connectivity index (χ3n) is 9.21. The zero-order valence-corrected chi connectivity index (χ0v) is 30.7. The molecule has 1 heterocycles. The molecule has 9 heteroatoms. The summed E-state index contributed by atoms with van der Waals surface area (Å²) in [6.07, 6.45) is 23.7. The number of nitrogens with one attached hydrogen (secondary N) is 1. The van der Waals surface area contributed by atoms with Crippen molar-refractivity contribution in [1.82, 2.24) is 5.32 Å². The molecular formula is C39H73NO8. The lowest BCUT2D eigenvalue weighted by Crippen LogP contribution is -2.60. The van der Waals surface area contributed by atoms with Gasteiger partial charge in [0.1, 0.15) is 24.4 Å². The van der Waals surface area contributed by atoms with Gasteiger partial charge in [0.2, 0.25) is 5.91 Å². The number of aliphatic hydroxyl groups is 5. The van der Waals surface area contributed by atoms with Crippen molar-refractivity contribution in [3.63, 3.8) is 0 Å². The van der Waals surface area contributed by atoms with Crippen molar-refractivity contribution >= 4 is 5.91 Å². The molecule has 0 radical (unpaired) electrons. The Hall–Kier alpha value is -1.33. The van der Waals surface area contributed by atoms with Crippen LogP contribution in [0.15, 0.2) is 24.3 Å². The molecule has 0 aromatic heterocycles. The lowest BCUT2D eigenvalue weighted by atomic mass is 9.99. The number of allylic oxidation sites excluding steroid dienone is 3. The van der Waals surface area contributed by atoms with Crippen molar-refractivity contribution < 1.29 is 39.8 Å². The van der Waals surface area contributed by atoms with E-state index in [9.17, 15) is 30.3 Å².